The van der Waals surface area contributed by atoms with Gasteiger partial charge in [-0.15, -0.1) is 0 Å². The van der Waals surface area contributed by atoms with Crippen molar-refractivity contribution in [3.05, 3.63) is 0 Å². The van der Waals surface area contributed by atoms with E-state index in [0.29, 0.717) is 23.8 Å². The molecule has 0 bridgehead atoms. The Morgan fingerprint density at radius 3 is 2.21 bits per heavy atom. The molecule has 1 unspecified atom stereocenters. The zero-order valence-electron chi connectivity index (χ0n) is 8.15. The second-order valence-corrected chi connectivity index (χ2v) is 5.35. The number of alkyl halides is 4. The molecule has 0 spiro atoms. The van der Waals surface area contributed by atoms with Gasteiger partial charge in [0.1, 0.15) is 0 Å². The van der Waals surface area contributed by atoms with Crippen molar-refractivity contribution in [1.82, 2.24) is 4.90 Å². The van der Waals surface area contributed by atoms with Gasteiger partial charge in [0.2, 0.25) is 0 Å². The van der Waals surface area contributed by atoms with E-state index in [0.717, 1.165) is 12.8 Å². The molecule has 1 heterocycles. The Bertz CT molecular complexity index is 173. The maximum Gasteiger partial charge on any atom is 0.401 e. The monoisotopic (exact) mass is 273 g/mol. The summed E-state index contributed by atoms with van der Waals surface area (Å²) in [7, 11) is 0. The van der Waals surface area contributed by atoms with Crippen molar-refractivity contribution in [1.29, 1.82) is 0 Å². The molecule has 0 aliphatic carbocycles. The fourth-order valence-electron chi connectivity index (χ4n) is 1.82. The molecule has 1 atom stereocenters. The van der Waals surface area contributed by atoms with Crippen molar-refractivity contribution >= 4 is 15.9 Å². The minimum atomic E-state index is -4.05. The molecule has 0 saturated carbocycles. The molecule has 0 radical (unpaired) electrons. The van der Waals surface area contributed by atoms with E-state index in [2.05, 4.69) is 22.9 Å². The number of piperidine rings is 1. The zero-order valence-corrected chi connectivity index (χ0v) is 9.74. The summed E-state index contributed by atoms with van der Waals surface area (Å²) in [6.07, 6.45) is -2.32. The molecule has 84 valence electrons. The van der Waals surface area contributed by atoms with Crippen molar-refractivity contribution in [3.63, 3.8) is 0 Å². The minimum absolute atomic E-state index is 0.413. The van der Waals surface area contributed by atoms with E-state index < -0.39 is 12.7 Å². The number of rotatable bonds is 2. The van der Waals surface area contributed by atoms with Gasteiger partial charge in [0, 0.05) is 4.83 Å². The van der Waals surface area contributed by atoms with Crippen LogP contribution in [0.2, 0.25) is 0 Å². The summed E-state index contributed by atoms with van der Waals surface area (Å²) >= 11 is 3.48. The van der Waals surface area contributed by atoms with Gasteiger partial charge in [-0.2, -0.15) is 13.2 Å². The first-order valence-corrected chi connectivity index (χ1v) is 5.73. The van der Waals surface area contributed by atoms with Gasteiger partial charge in [0.15, 0.2) is 0 Å². The number of likely N-dealkylation sites (tertiary alicyclic amines) is 1. The van der Waals surface area contributed by atoms with Gasteiger partial charge in [-0.25, -0.2) is 0 Å². The van der Waals surface area contributed by atoms with E-state index in [4.69, 9.17) is 0 Å². The average molecular weight is 274 g/mol. The molecule has 5 heteroatoms. The minimum Gasteiger partial charge on any atom is -0.295 e. The smallest absolute Gasteiger partial charge is 0.295 e. The zero-order chi connectivity index (χ0) is 10.8. The van der Waals surface area contributed by atoms with E-state index in [1.54, 1.807) is 0 Å². The van der Waals surface area contributed by atoms with Crippen LogP contribution >= 0.6 is 15.9 Å². The van der Waals surface area contributed by atoms with E-state index in [9.17, 15) is 13.2 Å². The largest absolute Gasteiger partial charge is 0.401 e. The Hall–Kier alpha value is 0.230. The Morgan fingerprint density at radius 2 is 1.86 bits per heavy atom. The lowest BCUT2D eigenvalue weighted by molar-refractivity contribution is -0.148. The maximum absolute atomic E-state index is 12.0. The molecular formula is C9H15BrF3N. The molecule has 1 rings (SSSR count). The van der Waals surface area contributed by atoms with Gasteiger partial charge in [-0.3, -0.25) is 4.90 Å². The van der Waals surface area contributed by atoms with Crippen LogP contribution in [0.3, 0.4) is 0 Å². The van der Waals surface area contributed by atoms with Crippen LogP contribution in [0.1, 0.15) is 19.8 Å². The summed E-state index contributed by atoms with van der Waals surface area (Å²) in [5.41, 5.74) is 0. The summed E-state index contributed by atoms with van der Waals surface area (Å²) in [5.74, 6) is 0.527. The fraction of sp³-hybridized carbons (Fsp3) is 1.00. The molecule has 1 saturated heterocycles. The Kier molecular flexibility index (Phi) is 4.25. The molecule has 1 aliphatic rings. The van der Waals surface area contributed by atoms with Gasteiger partial charge in [0.05, 0.1) is 6.54 Å². The first kappa shape index (κ1) is 12.3. The van der Waals surface area contributed by atoms with Crippen molar-refractivity contribution in [2.75, 3.05) is 19.6 Å². The second-order valence-electron chi connectivity index (χ2n) is 3.91. The van der Waals surface area contributed by atoms with Crippen LogP contribution in [0.15, 0.2) is 0 Å². The summed E-state index contributed by atoms with van der Waals surface area (Å²) in [6.45, 7) is 2.45. The highest BCUT2D eigenvalue weighted by Gasteiger charge is 2.32. The van der Waals surface area contributed by atoms with Gasteiger partial charge in [-0.05, 0) is 31.8 Å². The van der Waals surface area contributed by atoms with Crippen LogP contribution < -0.4 is 0 Å². The highest BCUT2D eigenvalue weighted by molar-refractivity contribution is 9.09. The molecule has 14 heavy (non-hydrogen) atoms. The lowest BCUT2D eigenvalue weighted by Gasteiger charge is -2.33. The fourth-order valence-corrected chi connectivity index (χ4v) is 2.35. The Labute approximate surface area is 90.8 Å². The van der Waals surface area contributed by atoms with Crippen LogP contribution in [-0.4, -0.2) is 35.5 Å². The number of halogens is 4. The third-order valence-corrected chi connectivity index (χ3v) is 3.43. The molecular weight excluding hydrogens is 259 g/mol. The topological polar surface area (TPSA) is 3.24 Å². The third kappa shape index (κ3) is 4.17. The normalized spacial score (nSPS) is 23.8. The first-order valence-electron chi connectivity index (χ1n) is 4.81. The Morgan fingerprint density at radius 1 is 1.36 bits per heavy atom. The molecule has 1 aliphatic heterocycles. The molecule has 0 N–H and O–H groups in total. The molecule has 1 nitrogen and oxygen atoms in total. The highest BCUT2D eigenvalue weighted by atomic mass is 79.9. The van der Waals surface area contributed by atoms with Gasteiger partial charge < -0.3 is 0 Å². The molecule has 0 aromatic heterocycles. The molecule has 1 fully saturated rings. The van der Waals surface area contributed by atoms with Gasteiger partial charge in [-0.1, -0.05) is 22.9 Å². The maximum atomic E-state index is 12.0. The lowest BCUT2D eigenvalue weighted by atomic mass is 9.94. The summed E-state index contributed by atoms with van der Waals surface area (Å²) in [4.78, 5) is 1.90. The molecule has 0 aromatic rings. The van der Waals surface area contributed by atoms with Gasteiger partial charge in [0.25, 0.3) is 0 Å². The first-order chi connectivity index (χ1) is 6.38. The van der Waals surface area contributed by atoms with Crippen LogP contribution in [0.25, 0.3) is 0 Å². The SMILES string of the molecule is CC(Br)C1CCN(CC(F)(F)F)CC1. The quantitative estimate of drug-likeness (QED) is 0.699. The third-order valence-electron chi connectivity index (χ3n) is 2.68. The van der Waals surface area contributed by atoms with Crippen molar-refractivity contribution < 1.29 is 13.2 Å². The van der Waals surface area contributed by atoms with Crippen molar-refractivity contribution in [3.8, 4) is 0 Å². The second kappa shape index (κ2) is 4.84. The summed E-state index contributed by atoms with van der Waals surface area (Å²) < 4.78 is 36.1. The lowest BCUT2D eigenvalue weighted by Crippen LogP contribution is -2.41. The van der Waals surface area contributed by atoms with E-state index in [-0.39, 0.29) is 0 Å². The number of nitrogens with zero attached hydrogens (tertiary/aromatic N) is 1. The van der Waals surface area contributed by atoms with Crippen LogP contribution in [0.4, 0.5) is 13.2 Å². The molecule has 0 amide bonds. The van der Waals surface area contributed by atoms with E-state index >= 15 is 0 Å². The number of hydrogen-bond donors (Lipinski definition) is 0. The summed E-state index contributed by atoms with van der Waals surface area (Å²) in [6, 6.07) is 0. The summed E-state index contributed by atoms with van der Waals surface area (Å²) in [5, 5.41) is 0. The predicted molar refractivity (Wildman–Crippen MR) is 53.6 cm³/mol. The van der Waals surface area contributed by atoms with Crippen LogP contribution in [0, 0.1) is 5.92 Å². The van der Waals surface area contributed by atoms with E-state index in [1.807, 2.05) is 0 Å². The van der Waals surface area contributed by atoms with Crippen molar-refractivity contribution in [2.24, 2.45) is 5.92 Å². The predicted octanol–water partition coefficient (Wildman–Crippen LogP) is 3.04. The van der Waals surface area contributed by atoms with Gasteiger partial charge >= 0.3 is 6.18 Å². The average Bonchev–Trinajstić information content (AvgIpc) is 2.02. The number of hydrogen-bond acceptors (Lipinski definition) is 1. The van der Waals surface area contributed by atoms with E-state index in [1.165, 1.54) is 4.90 Å². The molecule has 0 aromatic carbocycles. The van der Waals surface area contributed by atoms with Crippen LogP contribution in [0.5, 0.6) is 0 Å². The standard InChI is InChI=1S/C9H15BrF3N/c1-7(10)8-2-4-14(5-3-8)6-9(11,12)13/h7-8H,2-6H2,1H3. The highest BCUT2D eigenvalue weighted by Crippen LogP contribution is 2.26. The Balaban J connectivity index is 2.29. The van der Waals surface area contributed by atoms with Crippen LogP contribution in [-0.2, 0) is 0 Å². The van der Waals surface area contributed by atoms with Crippen molar-refractivity contribution in [2.45, 2.75) is 30.8 Å².